The van der Waals surface area contributed by atoms with Crippen molar-refractivity contribution < 1.29 is 9.53 Å². The first kappa shape index (κ1) is 18.4. The van der Waals surface area contributed by atoms with Crippen LogP contribution in [0.2, 0.25) is 0 Å². The van der Waals surface area contributed by atoms with E-state index in [-0.39, 0.29) is 5.97 Å². The summed E-state index contributed by atoms with van der Waals surface area (Å²) in [5, 5.41) is 0. The fourth-order valence-corrected chi connectivity index (χ4v) is 2.30. The Hall–Kier alpha value is -0.570. The lowest BCUT2D eigenvalue weighted by atomic mass is 10.0. The maximum absolute atomic E-state index is 11.1. The van der Waals surface area contributed by atoms with Gasteiger partial charge in [0.05, 0.1) is 7.11 Å². The predicted molar refractivity (Wildman–Crippen MR) is 81.1 cm³/mol. The maximum atomic E-state index is 11.1. The molecule has 0 heterocycles. The highest BCUT2D eigenvalue weighted by molar-refractivity contribution is 5.75. The van der Waals surface area contributed by atoms with Crippen LogP contribution in [0.3, 0.4) is 0 Å². The van der Waals surface area contributed by atoms with Crippen LogP contribution >= 0.6 is 0 Å². The Kier molecular flexibility index (Phi) is 13.4. The fourth-order valence-electron chi connectivity index (χ4n) is 2.30. The third kappa shape index (κ3) is 12.2. The average Bonchev–Trinajstić information content (AvgIpc) is 2.43. The SMILES string of the molecule is CCCCCCCCCCCCCC(N)C(=O)OC. The summed E-state index contributed by atoms with van der Waals surface area (Å²) in [6, 6.07) is -0.427. The number of hydrogen-bond acceptors (Lipinski definition) is 3. The third-order valence-electron chi connectivity index (χ3n) is 3.62. The molecule has 0 bridgehead atoms. The van der Waals surface area contributed by atoms with E-state index in [1.165, 1.54) is 71.3 Å². The zero-order valence-corrected chi connectivity index (χ0v) is 13.0. The summed E-state index contributed by atoms with van der Waals surface area (Å²) < 4.78 is 4.60. The molecule has 1 atom stereocenters. The molecule has 0 aliphatic rings. The first-order chi connectivity index (χ1) is 9.22. The molecule has 0 aromatic rings. The minimum atomic E-state index is -0.427. The second-order valence-electron chi connectivity index (χ2n) is 5.45. The van der Waals surface area contributed by atoms with Crippen LogP contribution in [0, 0.1) is 0 Å². The summed E-state index contributed by atoms with van der Waals surface area (Å²) in [6.07, 6.45) is 15.2. The van der Waals surface area contributed by atoms with Crippen molar-refractivity contribution in [3.05, 3.63) is 0 Å². The molecule has 0 aromatic carbocycles. The van der Waals surface area contributed by atoms with Gasteiger partial charge in [0.2, 0.25) is 0 Å². The van der Waals surface area contributed by atoms with Crippen LogP contribution < -0.4 is 5.73 Å². The number of unbranched alkanes of at least 4 members (excludes halogenated alkanes) is 10. The normalized spacial score (nSPS) is 12.4. The average molecular weight is 271 g/mol. The number of methoxy groups -OCH3 is 1. The van der Waals surface area contributed by atoms with Crippen molar-refractivity contribution in [1.82, 2.24) is 0 Å². The highest BCUT2D eigenvalue weighted by atomic mass is 16.5. The van der Waals surface area contributed by atoms with Gasteiger partial charge in [-0.05, 0) is 6.42 Å². The molecule has 114 valence electrons. The minimum absolute atomic E-state index is 0.285. The molecule has 0 rings (SSSR count). The summed E-state index contributed by atoms with van der Waals surface area (Å²) in [6.45, 7) is 2.26. The molecule has 0 spiro atoms. The van der Waals surface area contributed by atoms with Gasteiger partial charge in [-0.25, -0.2) is 0 Å². The Labute approximate surface area is 119 Å². The molecule has 0 aromatic heterocycles. The van der Waals surface area contributed by atoms with Gasteiger partial charge in [-0.3, -0.25) is 4.79 Å². The van der Waals surface area contributed by atoms with Crippen LogP contribution in [0.5, 0.6) is 0 Å². The molecule has 0 fully saturated rings. The van der Waals surface area contributed by atoms with Crippen LogP contribution in [0.15, 0.2) is 0 Å². The van der Waals surface area contributed by atoms with Crippen molar-refractivity contribution in [1.29, 1.82) is 0 Å². The van der Waals surface area contributed by atoms with Crippen LogP contribution in [0.4, 0.5) is 0 Å². The van der Waals surface area contributed by atoms with E-state index in [9.17, 15) is 4.79 Å². The zero-order chi connectivity index (χ0) is 14.3. The van der Waals surface area contributed by atoms with Gasteiger partial charge in [0, 0.05) is 0 Å². The predicted octanol–water partition coefficient (Wildman–Crippen LogP) is 4.19. The molecule has 2 N–H and O–H groups in total. The molecule has 0 amide bonds. The van der Waals surface area contributed by atoms with E-state index in [2.05, 4.69) is 11.7 Å². The number of carbonyl (C=O) groups excluding carboxylic acids is 1. The van der Waals surface area contributed by atoms with Gasteiger partial charge in [-0.15, -0.1) is 0 Å². The molecule has 0 aliphatic carbocycles. The molecule has 0 saturated carbocycles. The van der Waals surface area contributed by atoms with E-state index in [0.717, 1.165) is 12.8 Å². The first-order valence-corrected chi connectivity index (χ1v) is 8.05. The molecule has 3 nitrogen and oxygen atoms in total. The molecule has 1 unspecified atom stereocenters. The summed E-state index contributed by atoms with van der Waals surface area (Å²) in [5.41, 5.74) is 5.67. The van der Waals surface area contributed by atoms with E-state index in [1.54, 1.807) is 0 Å². The Morgan fingerprint density at radius 2 is 1.32 bits per heavy atom. The summed E-state index contributed by atoms with van der Waals surface area (Å²) in [4.78, 5) is 11.1. The van der Waals surface area contributed by atoms with Gasteiger partial charge in [0.15, 0.2) is 0 Å². The fraction of sp³-hybridized carbons (Fsp3) is 0.938. The van der Waals surface area contributed by atoms with Gasteiger partial charge < -0.3 is 10.5 Å². The lowest BCUT2D eigenvalue weighted by Crippen LogP contribution is -2.31. The highest BCUT2D eigenvalue weighted by Crippen LogP contribution is 2.12. The second kappa shape index (κ2) is 13.9. The van der Waals surface area contributed by atoms with Crippen molar-refractivity contribution in [3.63, 3.8) is 0 Å². The Morgan fingerprint density at radius 3 is 1.74 bits per heavy atom. The maximum Gasteiger partial charge on any atom is 0.322 e. The topological polar surface area (TPSA) is 52.3 Å². The summed E-state index contributed by atoms with van der Waals surface area (Å²) in [7, 11) is 1.39. The second-order valence-corrected chi connectivity index (χ2v) is 5.45. The molecule has 0 radical (unpaired) electrons. The molecule has 0 saturated heterocycles. The van der Waals surface area contributed by atoms with Crippen molar-refractivity contribution in [2.24, 2.45) is 5.73 Å². The molecule has 0 aliphatic heterocycles. The standard InChI is InChI=1S/C16H33NO2/c1-3-4-5-6-7-8-9-10-11-12-13-14-15(17)16(18)19-2/h15H,3-14,17H2,1-2H3. The van der Waals surface area contributed by atoms with Crippen LogP contribution in [-0.2, 0) is 9.53 Å². The van der Waals surface area contributed by atoms with Crippen molar-refractivity contribution >= 4 is 5.97 Å². The number of hydrogen-bond donors (Lipinski definition) is 1. The van der Waals surface area contributed by atoms with Crippen LogP contribution in [-0.4, -0.2) is 19.1 Å². The van der Waals surface area contributed by atoms with E-state index in [1.807, 2.05) is 0 Å². The largest absolute Gasteiger partial charge is 0.468 e. The molecule has 3 heteroatoms. The Bertz CT molecular complexity index is 207. The van der Waals surface area contributed by atoms with E-state index in [4.69, 9.17) is 5.73 Å². The monoisotopic (exact) mass is 271 g/mol. The lowest BCUT2D eigenvalue weighted by Gasteiger charge is -2.08. The quantitative estimate of drug-likeness (QED) is 0.404. The Morgan fingerprint density at radius 1 is 0.895 bits per heavy atom. The van der Waals surface area contributed by atoms with Gasteiger partial charge in [-0.1, -0.05) is 77.6 Å². The first-order valence-electron chi connectivity index (χ1n) is 8.05. The van der Waals surface area contributed by atoms with Crippen molar-refractivity contribution in [2.75, 3.05) is 7.11 Å². The van der Waals surface area contributed by atoms with E-state index in [0.29, 0.717) is 0 Å². The number of esters is 1. The zero-order valence-electron chi connectivity index (χ0n) is 13.0. The summed E-state index contributed by atoms with van der Waals surface area (Å²) >= 11 is 0. The van der Waals surface area contributed by atoms with E-state index < -0.39 is 6.04 Å². The van der Waals surface area contributed by atoms with Crippen molar-refractivity contribution in [3.8, 4) is 0 Å². The molecular formula is C16H33NO2. The van der Waals surface area contributed by atoms with E-state index >= 15 is 0 Å². The number of carbonyl (C=O) groups is 1. The third-order valence-corrected chi connectivity index (χ3v) is 3.62. The molecule has 19 heavy (non-hydrogen) atoms. The smallest absolute Gasteiger partial charge is 0.322 e. The van der Waals surface area contributed by atoms with Gasteiger partial charge >= 0.3 is 5.97 Å². The van der Waals surface area contributed by atoms with Gasteiger partial charge in [-0.2, -0.15) is 0 Å². The summed E-state index contributed by atoms with van der Waals surface area (Å²) in [5.74, 6) is -0.285. The number of rotatable bonds is 13. The number of ether oxygens (including phenoxy) is 1. The lowest BCUT2D eigenvalue weighted by molar-refractivity contribution is -0.142. The van der Waals surface area contributed by atoms with Gasteiger partial charge in [0.25, 0.3) is 0 Å². The van der Waals surface area contributed by atoms with Crippen LogP contribution in [0.1, 0.15) is 84.0 Å². The number of nitrogens with two attached hydrogens (primary N) is 1. The van der Waals surface area contributed by atoms with Crippen molar-refractivity contribution in [2.45, 2.75) is 90.0 Å². The highest BCUT2D eigenvalue weighted by Gasteiger charge is 2.12. The molecular weight excluding hydrogens is 238 g/mol. The van der Waals surface area contributed by atoms with Gasteiger partial charge in [0.1, 0.15) is 6.04 Å². The minimum Gasteiger partial charge on any atom is -0.468 e. The van der Waals surface area contributed by atoms with Crippen LogP contribution in [0.25, 0.3) is 0 Å². The Balaban J connectivity index is 3.12.